The van der Waals surface area contributed by atoms with E-state index in [0.717, 1.165) is 5.56 Å². The lowest BCUT2D eigenvalue weighted by molar-refractivity contribution is -0.118. The Bertz CT molecular complexity index is 548. The third kappa shape index (κ3) is 3.18. The Hall–Kier alpha value is -2.13. The van der Waals surface area contributed by atoms with E-state index in [-0.39, 0.29) is 11.3 Å². The number of hydrogen-bond donors (Lipinski definition) is 1. The number of hydrogen-bond acceptors (Lipinski definition) is 6. The molecule has 0 aliphatic rings. The van der Waals surface area contributed by atoms with Crippen molar-refractivity contribution in [3.8, 4) is 6.07 Å². The number of allylic oxidation sites excluding steroid dienone is 1. The van der Waals surface area contributed by atoms with Crippen molar-refractivity contribution in [3.63, 3.8) is 0 Å². The van der Waals surface area contributed by atoms with Crippen LogP contribution in [0.15, 0.2) is 22.7 Å². The molecule has 94 valence electrons. The van der Waals surface area contributed by atoms with E-state index >= 15 is 0 Å². The van der Waals surface area contributed by atoms with Crippen LogP contribution in [0.25, 0.3) is 0 Å². The summed E-state index contributed by atoms with van der Waals surface area (Å²) >= 11 is 1.24. The van der Waals surface area contributed by atoms with Crippen molar-refractivity contribution in [2.75, 3.05) is 6.61 Å². The Labute approximate surface area is 108 Å². The van der Waals surface area contributed by atoms with Crippen LogP contribution in [0.4, 0.5) is 0 Å². The van der Waals surface area contributed by atoms with Crippen molar-refractivity contribution >= 4 is 23.1 Å². The predicted octanol–water partition coefficient (Wildman–Crippen LogP) is 1.54. The number of carbonyl (C=O) groups excluding carboxylic acids is 2. The first kappa shape index (κ1) is 13.9. The zero-order valence-electron chi connectivity index (χ0n) is 10.0. The van der Waals surface area contributed by atoms with E-state index in [2.05, 4.69) is 0 Å². The van der Waals surface area contributed by atoms with E-state index in [1.807, 2.05) is 0 Å². The molecular formula is C12H12N2O3S. The minimum atomic E-state index is -0.597. The standard InChI is InChI=1S/C12H12N2O3S/c1-7-3-4-18-11(7)12(16)17-6-10(15)9(5-13)8(2)14/h3-4H,6,14H2,1-2H3. The van der Waals surface area contributed by atoms with Crippen molar-refractivity contribution in [2.24, 2.45) is 5.73 Å². The quantitative estimate of drug-likeness (QED) is 0.506. The zero-order chi connectivity index (χ0) is 13.7. The summed E-state index contributed by atoms with van der Waals surface area (Å²) in [5.41, 5.74) is 6.11. The van der Waals surface area contributed by atoms with Crippen LogP contribution in [0.1, 0.15) is 22.2 Å². The van der Waals surface area contributed by atoms with Gasteiger partial charge in [0, 0.05) is 5.70 Å². The second-order valence-corrected chi connectivity index (χ2v) is 4.52. The third-order valence-electron chi connectivity index (χ3n) is 2.17. The summed E-state index contributed by atoms with van der Waals surface area (Å²) < 4.78 is 4.84. The molecule has 1 heterocycles. The monoisotopic (exact) mass is 264 g/mol. The van der Waals surface area contributed by atoms with E-state index in [9.17, 15) is 9.59 Å². The number of carbonyl (C=O) groups is 2. The molecule has 0 radical (unpaired) electrons. The second-order valence-electron chi connectivity index (χ2n) is 3.60. The SMILES string of the molecule is CC(N)=C(C#N)C(=O)COC(=O)c1sccc1C. The number of esters is 1. The molecule has 0 aliphatic heterocycles. The summed E-state index contributed by atoms with van der Waals surface area (Å²) in [6.07, 6.45) is 0. The number of ether oxygens (including phenoxy) is 1. The number of nitrogens with zero attached hydrogens (tertiary/aromatic N) is 1. The minimum absolute atomic E-state index is 0.117. The molecule has 5 nitrogen and oxygen atoms in total. The first-order valence-electron chi connectivity index (χ1n) is 5.08. The largest absolute Gasteiger partial charge is 0.453 e. The van der Waals surface area contributed by atoms with Crippen molar-refractivity contribution in [2.45, 2.75) is 13.8 Å². The van der Waals surface area contributed by atoms with Crippen LogP contribution in [0.2, 0.25) is 0 Å². The van der Waals surface area contributed by atoms with Gasteiger partial charge in [-0.3, -0.25) is 4.79 Å². The molecular weight excluding hydrogens is 252 g/mol. The Morgan fingerprint density at radius 1 is 1.56 bits per heavy atom. The van der Waals surface area contributed by atoms with Crippen LogP contribution in [-0.2, 0) is 9.53 Å². The predicted molar refractivity (Wildman–Crippen MR) is 66.8 cm³/mol. The minimum Gasteiger partial charge on any atom is -0.453 e. The fourth-order valence-corrected chi connectivity index (χ4v) is 2.04. The smallest absolute Gasteiger partial charge is 0.349 e. The molecule has 0 amide bonds. The molecule has 2 N–H and O–H groups in total. The molecule has 0 fully saturated rings. The zero-order valence-corrected chi connectivity index (χ0v) is 10.8. The van der Waals surface area contributed by atoms with E-state index in [4.69, 9.17) is 15.7 Å². The van der Waals surface area contributed by atoms with Crippen LogP contribution >= 0.6 is 11.3 Å². The second kappa shape index (κ2) is 5.98. The summed E-state index contributed by atoms with van der Waals surface area (Å²) in [6.45, 7) is 2.74. The molecule has 0 atom stereocenters. The summed E-state index contributed by atoms with van der Waals surface area (Å²) in [5, 5.41) is 10.5. The molecule has 18 heavy (non-hydrogen) atoms. The van der Waals surface area contributed by atoms with Gasteiger partial charge in [-0.1, -0.05) is 0 Å². The lowest BCUT2D eigenvalue weighted by atomic mass is 10.1. The summed E-state index contributed by atoms with van der Waals surface area (Å²) in [6, 6.07) is 3.47. The number of Topliss-reactive ketones (excluding diaryl/α,β-unsaturated/α-hetero) is 1. The van der Waals surface area contributed by atoms with Gasteiger partial charge >= 0.3 is 5.97 Å². The molecule has 1 aromatic heterocycles. The maximum Gasteiger partial charge on any atom is 0.349 e. The maximum absolute atomic E-state index is 11.6. The number of rotatable bonds is 4. The fourth-order valence-electron chi connectivity index (χ4n) is 1.22. The van der Waals surface area contributed by atoms with E-state index in [0.29, 0.717) is 4.88 Å². The van der Waals surface area contributed by atoms with Gasteiger partial charge in [0.25, 0.3) is 0 Å². The fraction of sp³-hybridized carbons (Fsp3) is 0.250. The third-order valence-corrected chi connectivity index (χ3v) is 3.16. The van der Waals surface area contributed by atoms with E-state index in [1.54, 1.807) is 24.4 Å². The van der Waals surface area contributed by atoms with Gasteiger partial charge in [0.1, 0.15) is 16.5 Å². The molecule has 0 spiro atoms. The summed E-state index contributed by atoms with van der Waals surface area (Å²) in [7, 11) is 0. The van der Waals surface area contributed by atoms with Crippen LogP contribution in [0.3, 0.4) is 0 Å². The Balaban J connectivity index is 2.66. The first-order valence-corrected chi connectivity index (χ1v) is 5.96. The van der Waals surface area contributed by atoms with Crippen LogP contribution in [0, 0.1) is 18.3 Å². The van der Waals surface area contributed by atoms with Gasteiger partial charge in [0.05, 0.1) is 0 Å². The molecule has 0 aliphatic carbocycles. The number of nitrogens with two attached hydrogens (primary N) is 1. The average Bonchev–Trinajstić information content (AvgIpc) is 2.72. The Morgan fingerprint density at radius 2 is 2.22 bits per heavy atom. The van der Waals surface area contributed by atoms with Gasteiger partial charge in [0.15, 0.2) is 6.61 Å². The topological polar surface area (TPSA) is 93.2 Å². The normalized spacial score (nSPS) is 11.4. The number of aryl methyl sites for hydroxylation is 1. The van der Waals surface area contributed by atoms with Gasteiger partial charge in [0.2, 0.25) is 5.78 Å². The number of thiophene rings is 1. The molecule has 1 aromatic rings. The Morgan fingerprint density at radius 3 is 2.67 bits per heavy atom. The molecule has 0 saturated heterocycles. The highest BCUT2D eigenvalue weighted by molar-refractivity contribution is 7.12. The van der Waals surface area contributed by atoms with E-state index in [1.165, 1.54) is 18.3 Å². The highest BCUT2D eigenvalue weighted by Gasteiger charge is 2.17. The van der Waals surface area contributed by atoms with E-state index < -0.39 is 18.4 Å². The van der Waals surface area contributed by atoms with Crippen molar-refractivity contribution in [1.29, 1.82) is 5.26 Å². The number of ketones is 1. The molecule has 0 unspecified atom stereocenters. The maximum atomic E-state index is 11.6. The van der Waals surface area contributed by atoms with Crippen molar-refractivity contribution in [3.05, 3.63) is 33.2 Å². The molecule has 0 aromatic carbocycles. The highest BCUT2D eigenvalue weighted by Crippen LogP contribution is 2.16. The molecule has 0 bridgehead atoms. The van der Waals surface area contributed by atoms with Crippen LogP contribution < -0.4 is 5.73 Å². The average molecular weight is 264 g/mol. The van der Waals surface area contributed by atoms with Gasteiger partial charge in [-0.05, 0) is 30.9 Å². The lowest BCUT2D eigenvalue weighted by Gasteiger charge is -2.03. The van der Waals surface area contributed by atoms with Crippen LogP contribution in [0.5, 0.6) is 0 Å². The summed E-state index contributed by atoms with van der Waals surface area (Å²) in [4.78, 5) is 23.6. The van der Waals surface area contributed by atoms with Crippen LogP contribution in [-0.4, -0.2) is 18.4 Å². The molecule has 0 saturated carbocycles. The van der Waals surface area contributed by atoms with Crippen molar-refractivity contribution < 1.29 is 14.3 Å². The lowest BCUT2D eigenvalue weighted by Crippen LogP contribution is -2.17. The molecule has 6 heteroatoms. The first-order chi connectivity index (χ1) is 8.47. The Kier molecular flexibility index (Phi) is 4.63. The van der Waals surface area contributed by atoms with Gasteiger partial charge in [-0.25, -0.2) is 4.79 Å². The van der Waals surface area contributed by atoms with Gasteiger partial charge in [-0.15, -0.1) is 11.3 Å². The van der Waals surface area contributed by atoms with Gasteiger partial charge < -0.3 is 10.5 Å². The summed E-state index contributed by atoms with van der Waals surface area (Å²) in [5.74, 6) is -1.16. The van der Waals surface area contributed by atoms with Gasteiger partial charge in [-0.2, -0.15) is 5.26 Å². The van der Waals surface area contributed by atoms with Crippen molar-refractivity contribution in [1.82, 2.24) is 0 Å². The highest BCUT2D eigenvalue weighted by atomic mass is 32.1. The number of nitriles is 1. The molecule has 1 rings (SSSR count).